The Kier molecular flexibility index (Phi) is 29.3. The smallest absolute Gasteiger partial charge is 0.250 e. The van der Waals surface area contributed by atoms with Gasteiger partial charge in [-0.3, -0.25) is 43.2 Å². The van der Waals surface area contributed by atoms with E-state index in [0.29, 0.717) is 19.3 Å². The molecular weight excluding hydrogens is 768 g/mol. The first kappa shape index (κ1) is 54.1. The third-order valence-electron chi connectivity index (χ3n) is 9.48. The predicted octanol–water partition coefficient (Wildman–Crippen LogP) is 0.118. The Labute approximate surface area is 347 Å². The molecule has 0 fully saturated rings. The second-order valence-electron chi connectivity index (χ2n) is 15.0. The van der Waals surface area contributed by atoms with Crippen molar-refractivity contribution in [2.45, 2.75) is 186 Å². The van der Waals surface area contributed by atoms with Crippen LogP contribution in [0.15, 0.2) is 0 Å². The molecular formula is C40H70N8O11. The summed E-state index contributed by atoms with van der Waals surface area (Å²) in [5.74, 6) is -8.44. The van der Waals surface area contributed by atoms with Gasteiger partial charge in [0.2, 0.25) is 41.4 Å². The number of rotatable bonds is 35. The number of unbranched alkanes of at least 4 members (excludes halogenated alkanes) is 13. The van der Waals surface area contributed by atoms with Crippen molar-refractivity contribution in [3.05, 3.63) is 0 Å². The fourth-order valence-electron chi connectivity index (χ4n) is 6.02. The van der Waals surface area contributed by atoms with Crippen molar-refractivity contribution in [2.75, 3.05) is 6.54 Å². The zero-order valence-corrected chi connectivity index (χ0v) is 35.4. The standard InChI is InChI=1S/C40H70N8O11/c1-5-7-9-10-11-12-13-14-15-16-17-18-19-21-34(54)43-24-35(55)48-36(27(4)51)40(59)46-30(23-33(42)53)37(56)45-29(22-32(41)52)38(57)47-31(25-49)39(58)44-28(26(3)50)20-8-6-2/h25,27-31,36,51H,5-24H2,1-4H3,(H2,41,52)(H2,42,53)(H,43,54)(H,44,58)(H,45,56)(H,46,59)(H,47,57)(H,48,55)/t27?,28-,29?,30-,31-,36-/m0/s1. The third-order valence-corrected chi connectivity index (χ3v) is 9.48. The molecule has 336 valence electrons. The largest absolute Gasteiger partial charge is 0.391 e. The van der Waals surface area contributed by atoms with Crippen LogP contribution >= 0.6 is 0 Å². The van der Waals surface area contributed by atoms with Crippen LogP contribution in [0.5, 0.6) is 0 Å². The van der Waals surface area contributed by atoms with Gasteiger partial charge in [0, 0.05) is 6.42 Å². The molecule has 0 aliphatic heterocycles. The van der Waals surface area contributed by atoms with Crippen molar-refractivity contribution in [1.29, 1.82) is 0 Å². The van der Waals surface area contributed by atoms with Gasteiger partial charge in [-0.2, -0.15) is 0 Å². The van der Waals surface area contributed by atoms with E-state index in [9.17, 15) is 53.1 Å². The van der Waals surface area contributed by atoms with Gasteiger partial charge in [0.15, 0.2) is 18.1 Å². The number of ketones is 1. The lowest BCUT2D eigenvalue weighted by Gasteiger charge is -2.26. The Morgan fingerprint density at radius 1 is 0.559 bits per heavy atom. The highest BCUT2D eigenvalue weighted by atomic mass is 16.3. The number of hydrogen-bond acceptors (Lipinski definition) is 11. The van der Waals surface area contributed by atoms with Crippen LogP contribution in [-0.4, -0.2) is 107 Å². The molecule has 0 aliphatic carbocycles. The average molecular weight is 839 g/mol. The molecule has 6 atom stereocenters. The van der Waals surface area contributed by atoms with Gasteiger partial charge < -0.3 is 53.3 Å². The van der Waals surface area contributed by atoms with Crippen LogP contribution in [0, 0.1) is 0 Å². The maximum atomic E-state index is 13.3. The van der Waals surface area contributed by atoms with Crippen LogP contribution < -0.4 is 43.4 Å². The van der Waals surface area contributed by atoms with E-state index in [1.54, 1.807) is 0 Å². The lowest BCUT2D eigenvalue weighted by Crippen LogP contribution is -2.61. The third kappa shape index (κ3) is 25.9. The molecule has 0 radical (unpaired) electrons. The van der Waals surface area contributed by atoms with Crippen LogP contribution in [0.25, 0.3) is 0 Å². The highest BCUT2D eigenvalue weighted by Crippen LogP contribution is 2.13. The number of carbonyl (C=O) groups excluding carboxylic acids is 10. The number of primary amides is 2. The van der Waals surface area contributed by atoms with Crippen LogP contribution in [0.1, 0.15) is 150 Å². The summed E-state index contributed by atoms with van der Waals surface area (Å²) in [6.07, 6.45) is 13.6. The van der Waals surface area contributed by atoms with Crippen molar-refractivity contribution in [2.24, 2.45) is 11.5 Å². The Morgan fingerprint density at radius 3 is 1.44 bits per heavy atom. The van der Waals surface area contributed by atoms with Gasteiger partial charge in [0.05, 0.1) is 31.5 Å². The first-order valence-corrected chi connectivity index (χ1v) is 20.9. The van der Waals surface area contributed by atoms with E-state index in [1.165, 1.54) is 58.3 Å². The van der Waals surface area contributed by atoms with E-state index < -0.39 is 97.0 Å². The first-order valence-electron chi connectivity index (χ1n) is 20.9. The molecule has 2 unspecified atom stereocenters. The maximum absolute atomic E-state index is 13.3. The minimum atomic E-state index is -1.85. The van der Waals surface area contributed by atoms with E-state index in [4.69, 9.17) is 11.5 Å². The number of aliphatic hydroxyl groups excluding tert-OH is 1. The SMILES string of the molecule is CCCCCCCCCCCCCCCC(=O)NCC(=O)N[C@H](C(=O)N[C@@H](CC(N)=O)C(=O)NC(CC(N)=O)C(=O)N[C@@H](C=O)C(=O)N[C@@H](CCCC)C(C)=O)C(C)O. The summed E-state index contributed by atoms with van der Waals surface area (Å²) >= 11 is 0. The van der Waals surface area contributed by atoms with Crippen LogP contribution in [-0.2, 0) is 47.9 Å². The predicted molar refractivity (Wildman–Crippen MR) is 219 cm³/mol. The number of hydrogen-bond donors (Lipinski definition) is 9. The summed E-state index contributed by atoms with van der Waals surface area (Å²) in [6, 6.07) is -8.12. The number of Topliss-reactive ketones (excluding diaryl/α,β-unsaturated/α-hetero) is 1. The Hall–Kier alpha value is -4.94. The van der Waals surface area contributed by atoms with Gasteiger partial charge in [0.1, 0.15) is 18.1 Å². The van der Waals surface area contributed by atoms with E-state index in [1.807, 2.05) is 6.92 Å². The summed E-state index contributed by atoms with van der Waals surface area (Å²) < 4.78 is 0. The molecule has 0 saturated heterocycles. The second kappa shape index (κ2) is 32.0. The number of carbonyl (C=O) groups is 10. The Balaban J connectivity index is 5.24. The Bertz CT molecular complexity index is 1380. The van der Waals surface area contributed by atoms with Gasteiger partial charge in [-0.05, 0) is 26.7 Å². The minimum Gasteiger partial charge on any atom is -0.391 e. The molecule has 0 heterocycles. The normalized spacial score (nSPS) is 13.9. The lowest BCUT2D eigenvalue weighted by molar-refractivity contribution is -0.138. The van der Waals surface area contributed by atoms with Crippen LogP contribution in [0.3, 0.4) is 0 Å². The molecule has 11 N–H and O–H groups in total. The molecule has 0 saturated carbocycles. The molecule has 0 bridgehead atoms. The summed E-state index contributed by atoms with van der Waals surface area (Å²) in [6.45, 7) is 5.97. The van der Waals surface area contributed by atoms with Crippen molar-refractivity contribution >= 4 is 59.3 Å². The summed E-state index contributed by atoms with van der Waals surface area (Å²) in [4.78, 5) is 125. The van der Waals surface area contributed by atoms with Crippen LogP contribution in [0.2, 0.25) is 0 Å². The number of nitrogens with one attached hydrogen (secondary N) is 6. The number of aldehydes is 1. The quantitative estimate of drug-likeness (QED) is 0.0235. The van der Waals surface area contributed by atoms with Gasteiger partial charge in [-0.1, -0.05) is 104 Å². The van der Waals surface area contributed by atoms with Crippen molar-refractivity contribution < 1.29 is 53.1 Å². The molecule has 0 aromatic rings. The average Bonchev–Trinajstić information content (AvgIpc) is 3.17. The fraction of sp³-hybridized carbons (Fsp3) is 0.750. The van der Waals surface area contributed by atoms with E-state index in [-0.39, 0.29) is 30.8 Å². The number of amides is 8. The molecule has 0 aromatic heterocycles. The Morgan fingerprint density at radius 2 is 1.00 bits per heavy atom. The molecule has 19 nitrogen and oxygen atoms in total. The zero-order valence-electron chi connectivity index (χ0n) is 35.4. The highest BCUT2D eigenvalue weighted by molar-refractivity contribution is 6.03. The van der Waals surface area contributed by atoms with Gasteiger partial charge in [-0.15, -0.1) is 0 Å². The van der Waals surface area contributed by atoms with Gasteiger partial charge in [0.25, 0.3) is 5.91 Å². The van der Waals surface area contributed by atoms with Crippen molar-refractivity contribution in [1.82, 2.24) is 31.9 Å². The van der Waals surface area contributed by atoms with Gasteiger partial charge in [-0.25, -0.2) is 0 Å². The molecule has 0 spiro atoms. The summed E-state index contributed by atoms with van der Waals surface area (Å²) in [5, 5.41) is 23.7. The molecule has 0 rings (SSSR count). The molecule has 59 heavy (non-hydrogen) atoms. The van der Waals surface area contributed by atoms with Gasteiger partial charge >= 0.3 is 0 Å². The molecule has 19 heteroatoms. The minimum absolute atomic E-state index is 0.0694. The maximum Gasteiger partial charge on any atom is 0.250 e. The number of aliphatic hydroxyl groups is 1. The zero-order chi connectivity index (χ0) is 44.8. The summed E-state index contributed by atoms with van der Waals surface area (Å²) in [7, 11) is 0. The molecule has 0 aliphatic rings. The van der Waals surface area contributed by atoms with E-state index in [0.717, 1.165) is 32.6 Å². The topological polar surface area (TPSA) is 315 Å². The number of nitrogens with two attached hydrogens (primary N) is 2. The highest BCUT2D eigenvalue weighted by Gasteiger charge is 2.34. The van der Waals surface area contributed by atoms with Crippen molar-refractivity contribution in [3.63, 3.8) is 0 Å². The second-order valence-corrected chi connectivity index (χ2v) is 15.0. The van der Waals surface area contributed by atoms with Crippen LogP contribution in [0.4, 0.5) is 0 Å². The summed E-state index contributed by atoms with van der Waals surface area (Å²) in [5.41, 5.74) is 10.5. The fourth-order valence-corrected chi connectivity index (χ4v) is 6.02. The monoisotopic (exact) mass is 839 g/mol. The van der Waals surface area contributed by atoms with Crippen molar-refractivity contribution in [3.8, 4) is 0 Å². The lowest BCUT2D eigenvalue weighted by atomic mass is 10.0. The first-order chi connectivity index (χ1) is 28.0. The van der Waals surface area contributed by atoms with E-state index >= 15 is 0 Å². The van der Waals surface area contributed by atoms with E-state index in [2.05, 4.69) is 38.8 Å². The molecule has 0 aromatic carbocycles. The molecule has 8 amide bonds.